The van der Waals surface area contributed by atoms with Gasteiger partial charge in [-0.25, -0.2) is 4.99 Å². The minimum atomic E-state index is -0.555. The second kappa shape index (κ2) is 6.92. The van der Waals surface area contributed by atoms with E-state index in [2.05, 4.69) is 9.98 Å². The monoisotopic (exact) mass is 383 g/mol. The predicted octanol–water partition coefficient (Wildman–Crippen LogP) is 3.89. The zero-order chi connectivity index (χ0) is 18.2. The number of rotatable bonds is 3. The van der Waals surface area contributed by atoms with Crippen LogP contribution in [0, 0.1) is 0 Å². The van der Waals surface area contributed by atoms with Crippen LogP contribution in [0.2, 0.25) is 10.0 Å². The molecule has 0 aromatic heterocycles. The van der Waals surface area contributed by atoms with Crippen molar-refractivity contribution in [1.82, 2.24) is 0 Å². The number of nitrogens with two attached hydrogens (primary N) is 2. The summed E-state index contributed by atoms with van der Waals surface area (Å²) in [5.74, 6) is 1.05. The first kappa shape index (κ1) is 18.1. The van der Waals surface area contributed by atoms with Crippen LogP contribution in [0.25, 0.3) is 0 Å². The van der Waals surface area contributed by atoms with E-state index in [1.165, 1.54) is 0 Å². The molecule has 1 saturated carbocycles. The molecule has 0 amide bonds. The minimum Gasteiger partial charge on any atom is -0.489 e. The average Bonchev–Trinajstić information content (AvgIpc) is 2.51. The quantitative estimate of drug-likeness (QED) is 0.827. The lowest BCUT2D eigenvalue weighted by Crippen LogP contribution is -2.58. The van der Waals surface area contributed by atoms with E-state index < -0.39 is 5.66 Å². The molecule has 1 aromatic rings. The largest absolute Gasteiger partial charge is 0.489 e. The third-order valence-electron chi connectivity index (χ3n) is 4.46. The summed E-state index contributed by atoms with van der Waals surface area (Å²) in [4.78, 5) is 10.7. The summed E-state index contributed by atoms with van der Waals surface area (Å²) in [6.45, 7) is 3.88. The highest BCUT2D eigenvalue weighted by Gasteiger charge is 2.43. The molecule has 136 valence electrons. The highest BCUT2D eigenvalue weighted by Crippen LogP contribution is 2.44. The second-order valence-electron chi connectivity index (χ2n) is 6.72. The standard InChI is InChI=1S/C17H23Cl2N5O/c1-10(2)25-14-9-13(11(18)8-12(14)19)24-16(21)22-15(20)23-17(24)6-4-3-5-7-17/h8-10H,3-7H2,1-2H3,(H4,20,21,22,23). The molecular weight excluding hydrogens is 361 g/mol. The van der Waals surface area contributed by atoms with Gasteiger partial charge < -0.3 is 16.2 Å². The van der Waals surface area contributed by atoms with Crippen molar-refractivity contribution in [2.75, 3.05) is 4.90 Å². The summed E-state index contributed by atoms with van der Waals surface area (Å²) in [6, 6.07) is 3.47. The van der Waals surface area contributed by atoms with Gasteiger partial charge in [0.15, 0.2) is 0 Å². The van der Waals surface area contributed by atoms with Gasteiger partial charge in [-0.05, 0) is 45.6 Å². The number of hydrogen-bond acceptors (Lipinski definition) is 6. The van der Waals surface area contributed by atoms with Gasteiger partial charge in [-0.3, -0.25) is 4.90 Å². The van der Waals surface area contributed by atoms with Gasteiger partial charge in [0.05, 0.1) is 21.8 Å². The maximum Gasteiger partial charge on any atom is 0.220 e. The SMILES string of the molecule is CC(C)Oc1cc(N2C(N)=NC(N)=NC23CCCCC3)c(Cl)cc1Cl. The summed E-state index contributed by atoms with van der Waals surface area (Å²) in [6.07, 6.45) is 4.91. The molecule has 1 heterocycles. The number of anilines is 1. The first-order chi connectivity index (χ1) is 11.8. The lowest BCUT2D eigenvalue weighted by atomic mass is 9.87. The van der Waals surface area contributed by atoms with Gasteiger partial charge in [0.2, 0.25) is 11.9 Å². The van der Waals surface area contributed by atoms with Crippen LogP contribution in [0.3, 0.4) is 0 Å². The Hall–Kier alpha value is -1.66. The number of benzene rings is 1. The third-order valence-corrected chi connectivity index (χ3v) is 5.05. The minimum absolute atomic E-state index is 0.0174. The van der Waals surface area contributed by atoms with E-state index in [0.717, 1.165) is 32.1 Å². The molecule has 6 nitrogen and oxygen atoms in total. The van der Waals surface area contributed by atoms with Crippen molar-refractivity contribution in [3.63, 3.8) is 0 Å². The first-order valence-electron chi connectivity index (χ1n) is 8.48. The summed E-state index contributed by atoms with van der Waals surface area (Å²) < 4.78 is 5.81. The maximum atomic E-state index is 6.50. The molecule has 0 saturated heterocycles. The fourth-order valence-corrected chi connectivity index (χ4v) is 4.02. The smallest absolute Gasteiger partial charge is 0.220 e. The maximum absolute atomic E-state index is 6.50. The van der Waals surface area contributed by atoms with E-state index in [9.17, 15) is 0 Å². The number of hydrogen-bond donors (Lipinski definition) is 2. The van der Waals surface area contributed by atoms with Crippen molar-refractivity contribution in [3.05, 3.63) is 22.2 Å². The van der Waals surface area contributed by atoms with Gasteiger partial charge in [0.25, 0.3) is 0 Å². The summed E-state index contributed by atoms with van der Waals surface area (Å²) >= 11 is 12.8. The van der Waals surface area contributed by atoms with E-state index in [1.54, 1.807) is 12.1 Å². The Labute approximate surface area is 157 Å². The summed E-state index contributed by atoms with van der Waals surface area (Å²) in [7, 11) is 0. The Morgan fingerprint density at radius 3 is 2.44 bits per heavy atom. The van der Waals surface area contributed by atoms with Crippen LogP contribution in [0.15, 0.2) is 22.1 Å². The molecule has 8 heteroatoms. The predicted molar refractivity (Wildman–Crippen MR) is 104 cm³/mol. The molecule has 0 radical (unpaired) electrons. The van der Waals surface area contributed by atoms with Crippen LogP contribution in [-0.4, -0.2) is 23.7 Å². The van der Waals surface area contributed by atoms with Gasteiger partial charge in [0, 0.05) is 6.07 Å². The molecule has 1 aliphatic heterocycles. The fourth-order valence-electron chi connectivity index (χ4n) is 3.50. The number of aliphatic imine (C=N–C) groups is 2. The molecule has 0 unspecified atom stereocenters. The molecule has 25 heavy (non-hydrogen) atoms. The van der Waals surface area contributed by atoms with Crippen molar-refractivity contribution >= 4 is 40.8 Å². The summed E-state index contributed by atoms with van der Waals surface area (Å²) in [5, 5.41) is 0.926. The Bertz CT molecular complexity index is 726. The zero-order valence-corrected chi connectivity index (χ0v) is 15.9. The van der Waals surface area contributed by atoms with Crippen LogP contribution < -0.4 is 21.1 Å². The molecule has 2 aliphatic rings. The third kappa shape index (κ3) is 3.51. The molecule has 1 spiro atoms. The zero-order valence-electron chi connectivity index (χ0n) is 14.4. The van der Waals surface area contributed by atoms with Gasteiger partial charge in [-0.2, -0.15) is 4.99 Å². The molecular formula is C17H23Cl2N5O. The average molecular weight is 384 g/mol. The highest BCUT2D eigenvalue weighted by molar-refractivity contribution is 6.37. The van der Waals surface area contributed by atoms with Crippen molar-refractivity contribution in [2.24, 2.45) is 21.5 Å². The topological polar surface area (TPSA) is 89.2 Å². The van der Waals surface area contributed by atoms with Crippen LogP contribution in [0.5, 0.6) is 5.75 Å². The normalized spacial score (nSPS) is 19.8. The first-order valence-corrected chi connectivity index (χ1v) is 9.23. The Kier molecular flexibility index (Phi) is 5.02. The fraction of sp³-hybridized carbons (Fsp3) is 0.529. The van der Waals surface area contributed by atoms with Crippen LogP contribution in [-0.2, 0) is 0 Å². The number of nitrogens with zero attached hydrogens (tertiary/aromatic N) is 3. The Morgan fingerprint density at radius 2 is 1.80 bits per heavy atom. The van der Waals surface area contributed by atoms with Gasteiger partial charge in [-0.15, -0.1) is 0 Å². The van der Waals surface area contributed by atoms with Crippen molar-refractivity contribution in [1.29, 1.82) is 0 Å². The highest BCUT2D eigenvalue weighted by atomic mass is 35.5. The van der Waals surface area contributed by atoms with Gasteiger partial charge in [-0.1, -0.05) is 29.6 Å². The van der Waals surface area contributed by atoms with E-state index in [0.29, 0.717) is 21.5 Å². The van der Waals surface area contributed by atoms with Gasteiger partial charge in [0.1, 0.15) is 11.4 Å². The molecule has 1 aromatic carbocycles. The van der Waals surface area contributed by atoms with E-state index >= 15 is 0 Å². The molecule has 0 atom stereocenters. The second-order valence-corrected chi connectivity index (χ2v) is 7.53. The van der Waals surface area contributed by atoms with Crippen LogP contribution in [0.4, 0.5) is 5.69 Å². The summed E-state index contributed by atoms with van der Waals surface area (Å²) in [5.41, 5.74) is 12.3. The Balaban J connectivity index is 2.11. The lowest BCUT2D eigenvalue weighted by Gasteiger charge is -2.46. The molecule has 1 aliphatic carbocycles. The number of ether oxygens (including phenoxy) is 1. The van der Waals surface area contributed by atoms with E-state index in [1.807, 2.05) is 18.7 Å². The molecule has 3 rings (SSSR count). The van der Waals surface area contributed by atoms with Crippen LogP contribution in [0.1, 0.15) is 46.0 Å². The van der Waals surface area contributed by atoms with Crippen molar-refractivity contribution < 1.29 is 4.74 Å². The van der Waals surface area contributed by atoms with Crippen molar-refractivity contribution in [3.8, 4) is 5.75 Å². The molecule has 0 bridgehead atoms. The van der Waals surface area contributed by atoms with E-state index in [-0.39, 0.29) is 18.0 Å². The lowest BCUT2D eigenvalue weighted by molar-refractivity contribution is 0.242. The van der Waals surface area contributed by atoms with E-state index in [4.69, 9.17) is 39.4 Å². The number of guanidine groups is 2. The molecule has 1 fully saturated rings. The number of halogens is 2. The molecule has 4 N–H and O–H groups in total. The van der Waals surface area contributed by atoms with Crippen molar-refractivity contribution in [2.45, 2.75) is 57.7 Å². The van der Waals surface area contributed by atoms with Crippen LogP contribution >= 0.6 is 23.2 Å². The van der Waals surface area contributed by atoms with Gasteiger partial charge >= 0.3 is 0 Å². The Morgan fingerprint density at radius 1 is 1.12 bits per heavy atom.